The van der Waals surface area contributed by atoms with Crippen LogP contribution in [0.4, 0.5) is 4.79 Å². The predicted molar refractivity (Wildman–Crippen MR) is 88.1 cm³/mol. The molecule has 1 aliphatic heterocycles. The molecule has 0 aromatic rings. The van der Waals surface area contributed by atoms with Gasteiger partial charge in [0.15, 0.2) is 0 Å². The smallest absolute Gasteiger partial charge is 0.410 e. The van der Waals surface area contributed by atoms with Gasteiger partial charge in [-0.3, -0.25) is 4.79 Å². The third-order valence-electron chi connectivity index (χ3n) is 4.24. The minimum Gasteiger partial charge on any atom is -0.444 e. The van der Waals surface area contributed by atoms with Gasteiger partial charge in [-0.05, 0) is 34.1 Å². The van der Waals surface area contributed by atoms with Gasteiger partial charge in [-0.2, -0.15) is 0 Å². The molecule has 23 heavy (non-hydrogen) atoms. The number of carbonyl (C=O) groups is 2. The average molecular weight is 329 g/mol. The van der Waals surface area contributed by atoms with Gasteiger partial charge in [0, 0.05) is 33.3 Å². The maximum Gasteiger partial charge on any atom is 0.410 e. The number of nitrogens with two attached hydrogens (primary N) is 1. The molecule has 7 heteroatoms. The lowest BCUT2D eigenvalue weighted by molar-refractivity contribution is -0.158. The summed E-state index contributed by atoms with van der Waals surface area (Å²) >= 11 is 0. The normalized spacial score (nSPS) is 21.8. The topological polar surface area (TPSA) is 85.1 Å². The van der Waals surface area contributed by atoms with Crippen LogP contribution in [-0.2, 0) is 14.3 Å². The zero-order chi connectivity index (χ0) is 17.8. The first-order chi connectivity index (χ1) is 10.6. The van der Waals surface area contributed by atoms with E-state index in [4.69, 9.17) is 15.2 Å². The molecule has 0 bridgehead atoms. The van der Waals surface area contributed by atoms with Gasteiger partial charge in [-0.25, -0.2) is 4.79 Å². The summed E-state index contributed by atoms with van der Waals surface area (Å²) in [6, 6.07) is -0.232. The van der Waals surface area contributed by atoms with Crippen LogP contribution in [0.1, 0.15) is 41.0 Å². The Kier molecular flexibility index (Phi) is 6.41. The molecule has 2 atom stereocenters. The fourth-order valence-electron chi connectivity index (χ4n) is 2.50. The Hall–Kier alpha value is -1.34. The summed E-state index contributed by atoms with van der Waals surface area (Å²) in [7, 11) is 1.54. The Bertz CT molecular complexity index is 430. The van der Waals surface area contributed by atoms with E-state index in [9.17, 15) is 9.59 Å². The molecule has 2 amide bonds. The van der Waals surface area contributed by atoms with Gasteiger partial charge in [-0.1, -0.05) is 6.92 Å². The first-order valence-corrected chi connectivity index (χ1v) is 8.12. The van der Waals surface area contributed by atoms with Gasteiger partial charge in [0.2, 0.25) is 0 Å². The van der Waals surface area contributed by atoms with Crippen molar-refractivity contribution in [1.29, 1.82) is 0 Å². The summed E-state index contributed by atoms with van der Waals surface area (Å²) in [5.41, 5.74) is 4.43. The summed E-state index contributed by atoms with van der Waals surface area (Å²) in [4.78, 5) is 28.3. The van der Waals surface area contributed by atoms with Gasteiger partial charge in [0.25, 0.3) is 5.91 Å². The first-order valence-electron chi connectivity index (χ1n) is 8.12. The molecule has 0 radical (unpaired) electrons. The van der Waals surface area contributed by atoms with E-state index in [1.54, 1.807) is 16.7 Å². The van der Waals surface area contributed by atoms with E-state index in [1.807, 2.05) is 27.7 Å². The van der Waals surface area contributed by atoms with Crippen LogP contribution < -0.4 is 5.73 Å². The molecule has 0 aliphatic carbocycles. The molecular formula is C16H31N3O4. The van der Waals surface area contributed by atoms with Crippen molar-refractivity contribution in [1.82, 2.24) is 9.80 Å². The van der Waals surface area contributed by atoms with Crippen molar-refractivity contribution in [3.8, 4) is 0 Å². The third kappa shape index (κ3) is 4.81. The molecule has 134 valence electrons. The van der Waals surface area contributed by atoms with Gasteiger partial charge in [0.05, 0.1) is 6.04 Å². The number of hydrogen-bond acceptors (Lipinski definition) is 5. The van der Waals surface area contributed by atoms with E-state index in [0.29, 0.717) is 26.1 Å². The molecule has 0 saturated carbocycles. The molecule has 1 aliphatic rings. The molecule has 7 nitrogen and oxygen atoms in total. The van der Waals surface area contributed by atoms with Crippen LogP contribution in [0.3, 0.4) is 0 Å². The molecule has 1 fully saturated rings. The summed E-state index contributed by atoms with van der Waals surface area (Å²) < 4.78 is 10.8. The van der Waals surface area contributed by atoms with Crippen LogP contribution in [0.5, 0.6) is 0 Å². The zero-order valence-electron chi connectivity index (χ0n) is 15.2. The average Bonchev–Trinajstić information content (AvgIpc) is 2.51. The second-order valence-corrected chi connectivity index (χ2v) is 7.10. The second kappa shape index (κ2) is 7.49. The number of piperazine rings is 1. The summed E-state index contributed by atoms with van der Waals surface area (Å²) in [6.45, 7) is 10.7. The van der Waals surface area contributed by atoms with Crippen molar-refractivity contribution in [3.05, 3.63) is 0 Å². The number of methoxy groups -OCH3 is 1. The fourth-order valence-corrected chi connectivity index (χ4v) is 2.50. The van der Waals surface area contributed by atoms with Crippen molar-refractivity contribution in [2.45, 2.75) is 58.3 Å². The summed E-state index contributed by atoms with van der Waals surface area (Å²) in [6.07, 6.45) is 0.208. The molecule has 1 saturated heterocycles. The largest absolute Gasteiger partial charge is 0.444 e. The minimum absolute atomic E-state index is 0.0817. The molecule has 2 N–H and O–H groups in total. The van der Waals surface area contributed by atoms with Crippen LogP contribution >= 0.6 is 0 Å². The van der Waals surface area contributed by atoms with Gasteiger partial charge in [-0.15, -0.1) is 0 Å². The number of nitrogens with zero attached hydrogens (tertiary/aromatic N) is 2. The number of carbonyl (C=O) groups excluding carboxylic acids is 2. The molecular weight excluding hydrogens is 298 g/mol. The van der Waals surface area contributed by atoms with Gasteiger partial charge < -0.3 is 25.0 Å². The van der Waals surface area contributed by atoms with Crippen LogP contribution in [0.15, 0.2) is 0 Å². The Morgan fingerprint density at radius 3 is 2.26 bits per heavy atom. The highest BCUT2D eigenvalue weighted by molar-refractivity contribution is 5.85. The van der Waals surface area contributed by atoms with Gasteiger partial charge >= 0.3 is 6.09 Å². The van der Waals surface area contributed by atoms with E-state index in [1.165, 1.54) is 7.11 Å². The van der Waals surface area contributed by atoms with E-state index in [-0.39, 0.29) is 24.6 Å². The van der Waals surface area contributed by atoms with Gasteiger partial charge in [0.1, 0.15) is 11.2 Å². The van der Waals surface area contributed by atoms with E-state index >= 15 is 0 Å². The number of rotatable bonds is 4. The number of ether oxygens (including phenoxy) is 2. The highest BCUT2D eigenvalue weighted by Crippen LogP contribution is 2.22. The quantitative estimate of drug-likeness (QED) is 0.838. The van der Waals surface area contributed by atoms with Crippen molar-refractivity contribution in [3.63, 3.8) is 0 Å². The first kappa shape index (κ1) is 19.7. The highest BCUT2D eigenvalue weighted by atomic mass is 16.6. The molecule has 0 aromatic carbocycles. The Balaban J connectivity index is 2.80. The Labute approximate surface area is 139 Å². The predicted octanol–water partition coefficient (Wildman–Crippen LogP) is 1.21. The number of hydrogen-bond donors (Lipinski definition) is 1. The lowest BCUT2D eigenvalue weighted by Gasteiger charge is -2.44. The SMILES string of the molecule is CCC(C)(OC)C(=O)N1CCN(C(=O)OC(C)(C)C)CC1CN. The second-order valence-electron chi connectivity index (χ2n) is 7.10. The lowest BCUT2D eigenvalue weighted by Crippen LogP contribution is -2.63. The van der Waals surface area contributed by atoms with Crippen LogP contribution in [0.2, 0.25) is 0 Å². The van der Waals surface area contributed by atoms with Crippen molar-refractivity contribution in [2.75, 3.05) is 33.3 Å². The lowest BCUT2D eigenvalue weighted by atomic mass is 9.99. The van der Waals surface area contributed by atoms with Crippen LogP contribution in [-0.4, -0.2) is 72.3 Å². The Morgan fingerprint density at radius 1 is 1.22 bits per heavy atom. The molecule has 1 rings (SSSR count). The minimum atomic E-state index is -0.860. The molecule has 2 unspecified atom stereocenters. The monoisotopic (exact) mass is 329 g/mol. The standard InChI is InChI=1S/C16H31N3O4/c1-7-16(5,22-6)13(20)19-9-8-18(11-12(19)10-17)14(21)23-15(2,3)4/h12H,7-11,17H2,1-6H3. The molecule has 0 aromatic heterocycles. The van der Waals surface area contributed by atoms with Crippen molar-refractivity contribution >= 4 is 12.0 Å². The van der Waals surface area contributed by atoms with Crippen LogP contribution in [0, 0.1) is 0 Å². The number of amides is 2. The van der Waals surface area contributed by atoms with E-state index in [0.717, 1.165) is 0 Å². The highest BCUT2D eigenvalue weighted by Gasteiger charge is 2.41. The van der Waals surface area contributed by atoms with Crippen molar-refractivity contribution < 1.29 is 19.1 Å². The fraction of sp³-hybridized carbons (Fsp3) is 0.875. The third-order valence-corrected chi connectivity index (χ3v) is 4.24. The van der Waals surface area contributed by atoms with E-state index < -0.39 is 11.2 Å². The maximum absolute atomic E-state index is 12.8. The van der Waals surface area contributed by atoms with Crippen molar-refractivity contribution in [2.24, 2.45) is 5.73 Å². The summed E-state index contributed by atoms with van der Waals surface area (Å²) in [5.74, 6) is -0.0817. The zero-order valence-corrected chi connectivity index (χ0v) is 15.2. The molecule has 0 spiro atoms. The Morgan fingerprint density at radius 2 is 1.83 bits per heavy atom. The summed E-state index contributed by atoms with van der Waals surface area (Å²) in [5, 5.41) is 0. The van der Waals surface area contributed by atoms with E-state index in [2.05, 4.69) is 0 Å². The molecule has 1 heterocycles. The maximum atomic E-state index is 12.8. The van der Waals surface area contributed by atoms with Crippen LogP contribution in [0.25, 0.3) is 0 Å².